The van der Waals surface area contributed by atoms with Gasteiger partial charge in [-0.05, 0) is 23.6 Å². The van der Waals surface area contributed by atoms with E-state index in [1.54, 1.807) is 29.9 Å². The van der Waals surface area contributed by atoms with Crippen LogP contribution in [0.1, 0.15) is 24.3 Å². The molecule has 7 nitrogen and oxygen atoms in total. The van der Waals surface area contributed by atoms with E-state index in [2.05, 4.69) is 25.7 Å². The molecule has 3 aromatic rings. The Morgan fingerprint density at radius 2 is 2.24 bits per heavy atom. The van der Waals surface area contributed by atoms with E-state index in [1.165, 1.54) is 23.1 Å². The van der Waals surface area contributed by atoms with E-state index in [9.17, 15) is 9.59 Å². The number of thiophene rings is 1. The first-order chi connectivity index (χ1) is 15.9. The molecular formula is C24H27N3O4S2. The fourth-order valence-corrected chi connectivity index (χ4v) is 5.81. The minimum atomic E-state index is -0.206. The average Bonchev–Trinajstić information content (AvgIpc) is 3.17. The van der Waals surface area contributed by atoms with Gasteiger partial charge in [0.05, 0.1) is 36.6 Å². The number of ether oxygens (including phenoxy) is 2. The monoisotopic (exact) mass is 485 g/mol. The number of hydrogen-bond donors (Lipinski definition) is 1. The van der Waals surface area contributed by atoms with Crippen molar-refractivity contribution in [1.82, 2.24) is 9.55 Å². The number of benzene rings is 1. The summed E-state index contributed by atoms with van der Waals surface area (Å²) in [6.45, 7) is 8.88. The van der Waals surface area contributed by atoms with Crippen LogP contribution in [0.3, 0.4) is 0 Å². The Kier molecular flexibility index (Phi) is 7.21. The zero-order valence-corrected chi connectivity index (χ0v) is 20.6. The highest BCUT2D eigenvalue weighted by Crippen LogP contribution is 2.36. The van der Waals surface area contributed by atoms with Crippen LogP contribution in [0.4, 0.5) is 5.69 Å². The lowest BCUT2D eigenvalue weighted by molar-refractivity contribution is -0.113. The quantitative estimate of drug-likeness (QED) is 0.288. The maximum atomic E-state index is 13.5. The van der Waals surface area contributed by atoms with Crippen molar-refractivity contribution in [3.63, 3.8) is 0 Å². The van der Waals surface area contributed by atoms with Crippen molar-refractivity contribution in [2.45, 2.75) is 44.7 Å². The number of para-hydroxylation sites is 2. The Labute approximate surface area is 200 Å². The molecule has 3 heterocycles. The van der Waals surface area contributed by atoms with Crippen LogP contribution in [0.5, 0.6) is 5.75 Å². The van der Waals surface area contributed by atoms with Crippen LogP contribution in [0, 0.1) is 5.92 Å². The van der Waals surface area contributed by atoms with E-state index in [4.69, 9.17) is 14.5 Å². The largest absolute Gasteiger partial charge is 0.495 e. The normalized spacial score (nSPS) is 15.5. The molecule has 2 aromatic heterocycles. The summed E-state index contributed by atoms with van der Waals surface area (Å²) < 4.78 is 12.9. The fraction of sp³-hybridized carbons (Fsp3) is 0.375. The first kappa shape index (κ1) is 23.5. The van der Waals surface area contributed by atoms with Crippen molar-refractivity contribution in [1.29, 1.82) is 0 Å². The fourth-order valence-electron chi connectivity index (χ4n) is 3.83. The molecular weight excluding hydrogens is 458 g/mol. The van der Waals surface area contributed by atoms with Crippen LogP contribution < -0.4 is 15.6 Å². The average molecular weight is 486 g/mol. The molecule has 0 saturated heterocycles. The van der Waals surface area contributed by atoms with Gasteiger partial charge >= 0.3 is 0 Å². The maximum absolute atomic E-state index is 13.5. The van der Waals surface area contributed by atoms with E-state index >= 15 is 0 Å². The topological polar surface area (TPSA) is 82.5 Å². The van der Waals surface area contributed by atoms with Gasteiger partial charge < -0.3 is 14.8 Å². The predicted octanol–water partition coefficient (Wildman–Crippen LogP) is 4.48. The number of hydrogen-bond acceptors (Lipinski definition) is 7. The van der Waals surface area contributed by atoms with Gasteiger partial charge in [-0.1, -0.05) is 43.8 Å². The molecule has 1 aliphatic heterocycles. The lowest BCUT2D eigenvalue weighted by Crippen LogP contribution is -2.28. The molecule has 0 radical (unpaired) electrons. The van der Waals surface area contributed by atoms with Crippen LogP contribution in [0.2, 0.25) is 0 Å². The number of nitrogens with zero attached hydrogens (tertiary/aromatic N) is 2. The number of methoxy groups -OCH3 is 1. The summed E-state index contributed by atoms with van der Waals surface area (Å²) in [7, 11) is 1.56. The SMILES string of the molecule is C=CCn1c(SCC(=O)Nc2ccccc2OC)nc2sc3c(c2c1=O)C[C@@H](C(C)C)OC3. The summed E-state index contributed by atoms with van der Waals surface area (Å²) in [6.07, 6.45) is 2.48. The number of rotatable bonds is 8. The Bertz CT molecular complexity index is 1250. The van der Waals surface area contributed by atoms with Gasteiger partial charge in [0, 0.05) is 17.8 Å². The minimum absolute atomic E-state index is 0.0885. The summed E-state index contributed by atoms with van der Waals surface area (Å²) in [5, 5.41) is 4.03. The number of fused-ring (bicyclic) bond motifs is 3. The third-order valence-corrected chi connectivity index (χ3v) is 7.64. The molecule has 0 saturated carbocycles. The number of carbonyl (C=O) groups excluding carboxylic acids is 1. The molecule has 0 aliphatic carbocycles. The van der Waals surface area contributed by atoms with Gasteiger partial charge in [0.2, 0.25) is 5.91 Å². The summed E-state index contributed by atoms with van der Waals surface area (Å²) in [6, 6.07) is 7.23. The van der Waals surface area contributed by atoms with Crippen LogP contribution in [0.15, 0.2) is 46.9 Å². The van der Waals surface area contributed by atoms with Gasteiger partial charge in [-0.3, -0.25) is 14.2 Å². The lowest BCUT2D eigenvalue weighted by atomic mass is 9.96. The first-order valence-electron chi connectivity index (χ1n) is 10.8. The second-order valence-corrected chi connectivity index (χ2v) is 10.1. The van der Waals surface area contributed by atoms with Crippen LogP contribution in [0.25, 0.3) is 10.2 Å². The summed E-state index contributed by atoms with van der Waals surface area (Å²) in [5.41, 5.74) is 1.57. The van der Waals surface area contributed by atoms with E-state index < -0.39 is 0 Å². The molecule has 4 rings (SSSR count). The zero-order valence-electron chi connectivity index (χ0n) is 18.9. The third-order valence-electron chi connectivity index (χ3n) is 5.56. The molecule has 1 aliphatic rings. The van der Waals surface area contributed by atoms with Crippen molar-refractivity contribution in [3.8, 4) is 5.75 Å². The van der Waals surface area contributed by atoms with Gasteiger partial charge in [0.25, 0.3) is 5.56 Å². The number of carbonyl (C=O) groups is 1. The summed E-state index contributed by atoms with van der Waals surface area (Å²) in [5.74, 6) is 0.859. The highest BCUT2D eigenvalue weighted by Gasteiger charge is 2.28. The predicted molar refractivity (Wildman–Crippen MR) is 134 cm³/mol. The summed E-state index contributed by atoms with van der Waals surface area (Å²) >= 11 is 2.74. The zero-order chi connectivity index (χ0) is 23.5. The molecule has 1 atom stereocenters. The number of nitrogens with one attached hydrogen (secondary N) is 1. The Morgan fingerprint density at radius 1 is 1.45 bits per heavy atom. The lowest BCUT2D eigenvalue weighted by Gasteiger charge is -2.26. The Hall–Kier alpha value is -2.62. The van der Waals surface area contributed by atoms with E-state index in [0.29, 0.717) is 52.3 Å². The highest BCUT2D eigenvalue weighted by atomic mass is 32.2. The minimum Gasteiger partial charge on any atom is -0.495 e. The maximum Gasteiger partial charge on any atom is 0.263 e. The van der Waals surface area contributed by atoms with Crippen LogP contribution in [-0.4, -0.2) is 34.4 Å². The Balaban J connectivity index is 1.61. The molecule has 1 aromatic carbocycles. The van der Waals surface area contributed by atoms with Crippen LogP contribution >= 0.6 is 23.1 Å². The number of amides is 1. The third kappa shape index (κ3) is 4.85. The number of aromatic nitrogens is 2. The molecule has 0 fully saturated rings. The van der Waals surface area contributed by atoms with Gasteiger partial charge in [0.15, 0.2) is 5.16 Å². The van der Waals surface area contributed by atoms with Crippen molar-refractivity contribution in [3.05, 3.63) is 57.7 Å². The smallest absolute Gasteiger partial charge is 0.263 e. The standard InChI is InChI=1S/C24H27N3O4S2/c1-5-10-27-23(29)21-15-11-18(14(2)3)31-12-19(15)33-22(21)26-24(27)32-13-20(28)25-16-8-6-7-9-17(16)30-4/h5-9,14,18H,1,10-13H2,2-4H3,(H,25,28)/t18-/m0/s1. The second kappa shape index (κ2) is 10.1. The van der Waals surface area contributed by atoms with Gasteiger partial charge in [0.1, 0.15) is 10.6 Å². The van der Waals surface area contributed by atoms with E-state index in [0.717, 1.165) is 10.4 Å². The summed E-state index contributed by atoms with van der Waals surface area (Å²) in [4.78, 5) is 32.6. The second-order valence-electron chi connectivity index (χ2n) is 8.12. The Morgan fingerprint density at radius 3 is 2.97 bits per heavy atom. The van der Waals surface area contributed by atoms with Crippen molar-refractivity contribution >= 4 is 44.9 Å². The van der Waals surface area contributed by atoms with E-state index in [-0.39, 0.29) is 23.3 Å². The highest BCUT2D eigenvalue weighted by molar-refractivity contribution is 7.99. The molecule has 1 amide bonds. The number of allylic oxidation sites excluding steroid dienone is 1. The van der Waals surface area contributed by atoms with Gasteiger partial charge in [-0.25, -0.2) is 4.98 Å². The van der Waals surface area contributed by atoms with Crippen molar-refractivity contribution in [2.24, 2.45) is 5.92 Å². The number of thioether (sulfide) groups is 1. The molecule has 9 heteroatoms. The first-order valence-corrected chi connectivity index (χ1v) is 12.6. The van der Waals surface area contributed by atoms with Crippen LogP contribution in [-0.2, 0) is 29.1 Å². The van der Waals surface area contributed by atoms with Gasteiger partial charge in [-0.15, -0.1) is 17.9 Å². The van der Waals surface area contributed by atoms with E-state index in [1.807, 2.05) is 12.1 Å². The van der Waals surface area contributed by atoms with Crippen molar-refractivity contribution in [2.75, 3.05) is 18.2 Å². The van der Waals surface area contributed by atoms with Crippen molar-refractivity contribution < 1.29 is 14.3 Å². The molecule has 174 valence electrons. The molecule has 0 unspecified atom stereocenters. The molecule has 33 heavy (non-hydrogen) atoms. The number of anilines is 1. The van der Waals surface area contributed by atoms with Gasteiger partial charge in [-0.2, -0.15) is 0 Å². The molecule has 0 spiro atoms. The molecule has 1 N–H and O–H groups in total. The molecule has 0 bridgehead atoms.